The number of rotatable bonds is 10. The first-order valence-corrected chi connectivity index (χ1v) is 13.1. The molecule has 0 bridgehead atoms. The molecule has 1 amide bonds. The number of nitrogens with one attached hydrogen (secondary N) is 2. The lowest BCUT2D eigenvalue weighted by Gasteiger charge is -2.33. The Morgan fingerprint density at radius 2 is 1.64 bits per heavy atom. The second-order valence-electron chi connectivity index (χ2n) is 8.09. The normalized spacial score (nSPS) is 15.4. The van der Waals surface area contributed by atoms with Crippen LogP contribution in [0, 0.1) is 0 Å². The molecule has 3 rings (SSSR count). The fourth-order valence-corrected chi connectivity index (χ4v) is 5.54. The van der Waals surface area contributed by atoms with E-state index in [0.29, 0.717) is 37.9 Å². The van der Waals surface area contributed by atoms with Crippen LogP contribution in [0.4, 0.5) is 0 Å². The molecule has 2 aromatic rings. The van der Waals surface area contributed by atoms with E-state index < -0.39 is 10.0 Å². The third-order valence-electron chi connectivity index (χ3n) is 6.21. The van der Waals surface area contributed by atoms with Crippen LogP contribution in [0.15, 0.2) is 53.4 Å². The lowest BCUT2D eigenvalue weighted by molar-refractivity contribution is -0.120. The van der Waals surface area contributed by atoms with E-state index in [4.69, 9.17) is 16.3 Å². The number of hydrogen-bond donors (Lipinski definition) is 2. The molecule has 180 valence electrons. The van der Waals surface area contributed by atoms with Crippen LogP contribution >= 0.6 is 11.6 Å². The van der Waals surface area contributed by atoms with Crippen molar-refractivity contribution in [3.8, 4) is 0 Å². The molecule has 1 aliphatic heterocycles. The molecule has 7 nitrogen and oxygen atoms in total. The third-order valence-corrected chi connectivity index (χ3v) is 8.38. The SMILES string of the molecule is CCC(CC)(NCC(=O)NCc1ccc(S(=O)(=O)N2CCOCC2)cc1)c1ccc(Cl)cc1. The molecule has 2 aromatic carbocycles. The average molecular weight is 494 g/mol. The van der Waals surface area contributed by atoms with Crippen molar-refractivity contribution in [2.75, 3.05) is 32.8 Å². The monoisotopic (exact) mass is 493 g/mol. The predicted octanol–water partition coefficient (Wildman–Crippen LogP) is 3.28. The molecule has 9 heteroatoms. The van der Waals surface area contributed by atoms with Crippen molar-refractivity contribution in [2.24, 2.45) is 0 Å². The summed E-state index contributed by atoms with van der Waals surface area (Å²) in [6.45, 7) is 6.23. The van der Waals surface area contributed by atoms with Crippen LogP contribution in [0.25, 0.3) is 0 Å². The molecule has 0 aliphatic carbocycles. The highest BCUT2D eigenvalue weighted by Crippen LogP contribution is 2.29. The van der Waals surface area contributed by atoms with Crippen molar-refractivity contribution >= 4 is 27.5 Å². The van der Waals surface area contributed by atoms with Gasteiger partial charge in [0.25, 0.3) is 0 Å². The molecule has 0 unspecified atom stereocenters. The number of amides is 1. The summed E-state index contributed by atoms with van der Waals surface area (Å²) in [5.74, 6) is -0.125. The molecule has 0 radical (unpaired) electrons. The Morgan fingerprint density at radius 3 is 2.21 bits per heavy atom. The zero-order valence-corrected chi connectivity index (χ0v) is 20.7. The van der Waals surface area contributed by atoms with Crippen LogP contribution in [0.1, 0.15) is 37.8 Å². The van der Waals surface area contributed by atoms with Crippen LogP contribution in [-0.2, 0) is 31.6 Å². The van der Waals surface area contributed by atoms with Gasteiger partial charge in [0.05, 0.1) is 24.7 Å². The fourth-order valence-electron chi connectivity index (χ4n) is 4.01. The smallest absolute Gasteiger partial charge is 0.243 e. The Kier molecular flexibility index (Phi) is 8.89. The highest BCUT2D eigenvalue weighted by Gasteiger charge is 2.28. The summed E-state index contributed by atoms with van der Waals surface area (Å²) >= 11 is 6.02. The second-order valence-corrected chi connectivity index (χ2v) is 10.5. The van der Waals surface area contributed by atoms with Crippen LogP contribution in [0.2, 0.25) is 5.02 Å². The minimum absolute atomic E-state index is 0.125. The zero-order chi connectivity index (χ0) is 23.9. The average Bonchev–Trinajstić information content (AvgIpc) is 2.85. The molecular formula is C24H32ClN3O4S. The largest absolute Gasteiger partial charge is 0.379 e. The summed E-state index contributed by atoms with van der Waals surface area (Å²) in [5.41, 5.74) is 1.62. The molecule has 33 heavy (non-hydrogen) atoms. The maximum Gasteiger partial charge on any atom is 0.243 e. The van der Waals surface area contributed by atoms with Gasteiger partial charge in [-0.05, 0) is 48.2 Å². The third kappa shape index (κ3) is 6.33. The topological polar surface area (TPSA) is 87.7 Å². The van der Waals surface area contributed by atoms with Gasteiger partial charge in [-0.15, -0.1) is 0 Å². The number of sulfonamides is 1. The number of benzene rings is 2. The molecule has 1 saturated heterocycles. The summed E-state index contributed by atoms with van der Waals surface area (Å²) in [4.78, 5) is 12.8. The first kappa shape index (κ1) is 25.6. The second kappa shape index (κ2) is 11.4. The Balaban J connectivity index is 1.55. The highest BCUT2D eigenvalue weighted by atomic mass is 35.5. The Morgan fingerprint density at radius 1 is 1.03 bits per heavy atom. The van der Waals surface area contributed by atoms with E-state index in [1.807, 2.05) is 24.3 Å². The van der Waals surface area contributed by atoms with Crippen molar-refractivity contribution in [3.05, 3.63) is 64.7 Å². The summed E-state index contributed by atoms with van der Waals surface area (Å²) in [6.07, 6.45) is 1.66. The van der Waals surface area contributed by atoms with E-state index in [-0.39, 0.29) is 22.9 Å². The zero-order valence-electron chi connectivity index (χ0n) is 19.1. The van der Waals surface area contributed by atoms with Gasteiger partial charge in [-0.2, -0.15) is 4.31 Å². The van der Waals surface area contributed by atoms with Gasteiger partial charge in [0.15, 0.2) is 0 Å². The van der Waals surface area contributed by atoms with Gasteiger partial charge in [0, 0.05) is 30.2 Å². The van der Waals surface area contributed by atoms with Gasteiger partial charge in [-0.3, -0.25) is 10.1 Å². The molecule has 1 aliphatic rings. The van der Waals surface area contributed by atoms with Crippen molar-refractivity contribution < 1.29 is 17.9 Å². The number of morpholine rings is 1. The molecule has 2 N–H and O–H groups in total. The Labute approximate surface area is 201 Å². The van der Waals surface area contributed by atoms with Gasteiger partial charge in [-0.25, -0.2) is 8.42 Å². The summed E-state index contributed by atoms with van der Waals surface area (Å²) in [6, 6.07) is 14.4. The molecule has 0 saturated carbocycles. The summed E-state index contributed by atoms with van der Waals surface area (Å²) in [5, 5.41) is 7.00. The number of hydrogen-bond acceptors (Lipinski definition) is 5. The quantitative estimate of drug-likeness (QED) is 0.530. The maximum absolute atomic E-state index is 12.7. The Bertz CT molecular complexity index is 1020. The van der Waals surface area contributed by atoms with E-state index in [2.05, 4.69) is 24.5 Å². The van der Waals surface area contributed by atoms with Crippen molar-refractivity contribution in [2.45, 2.75) is 43.7 Å². The number of nitrogens with zero attached hydrogens (tertiary/aromatic N) is 1. The lowest BCUT2D eigenvalue weighted by atomic mass is 9.84. The van der Waals surface area contributed by atoms with E-state index in [0.717, 1.165) is 24.0 Å². The van der Waals surface area contributed by atoms with Gasteiger partial charge < -0.3 is 10.1 Å². The first-order valence-electron chi connectivity index (χ1n) is 11.3. The molecule has 0 aromatic heterocycles. The van der Waals surface area contributed by atoms with Crippen LogP contribution in [-0.4, -0.2) is 51.5 Å². The van der Waals surface area contributed by atoms with Crippen molar-refractivity contribution in [1.82, 2.24) is 14.9 Å². The number of carbonyl (C=O) groups excluding carboxylic acids is 1. The van der Waals surface area contributed by atoms with E-state index in [1.54, 1.807) is 24.3 Å². The summed E-state index contributed by atoms with van der Waals surface area (Å²) < 4.78 is 32.1. The maximum atomic E-state index is 12.7. The van der Waals surface area contributed by atoms with Gasteiger partial charge in [-0.1, -0.05) is 49.7 Å². The van der Waals surface area contributed by atoms with Crippen LogP contribution < -0.4 is 10.6 Å². The van der Waals surface area contributed by atoms with E-state index in [9.17, 15) is 13.2 Å². The summed E-state index contributed by atoms with van der Waals surface area (Å²) in [7, 11) is -3.52. The van der Waals surface area contributed by atoms with Gasteiger partial charge >= 0.3 is 0 Å². The fraction of sp³-hybridized carbons (Fsp3) is 0.458. The Hall–Kier alpha value is -1.97. The number of halogens is 1. The standard InChI is InChI=1S/C24H32ClN3O4S/c1-3-24(4-2,20-7-9-21(25)10-8-20)27-18-23(29)26-17-19-5-11-22(12-6-19)33(30,31)28-13-15-32-16-14-28/h5-12,27H,3-4,13-18H2,1-2H3,(H,26,29). The molecule has 1 heterocycles. The minimum Gasteiger partial charge on any atom is -0.379 e. The molecule has 0 atom stereocenters. The van der Waals surface area contributed by atoms with Crippen LogP contribution in [0.3, 0.4) is 0 Å². The van der Waals surface area contributed by atoms with Crippen molar-refractivity contribution in [1.29, 1.82) is 0 Å². The molecule has 0 spiro atoms. The van der Waals surface area contributed by atoms with Crippen LogP contribution in [0.5, 0.6) is 0 Å². The first-order chi connectivity index (χ1) is 15.8. The van der Waals surface area contributed by atoms with Gasteiger partial charge in [0.1, 0.15) is 0 Å². The molecule has 1 fully saturated rings. The number of ether oxygens (including phenoxy) is 1. The highest BCUT2D eigenvalue weighted by molar-refractivity contribution is 7.89. The van der Waals surface area contributed by atoms with E-state index >= 15 is 0 Å². The number of carbonyl (C=O) groups is 1. The lowest BCUT2D eigenvalue weighted by Crippen LogP contribution is -2.46. The van der Waals surface area contributed by atoms with Gasteiger partial charge in [0.2, 0.25) is 15.9 Å². The molecular weight excluding hydrogens is 462 g/mol. The van der Waals surface area contributed by atoms with Crippen molar-refractivity contribution in [3.63, 3.8) is 0 Å². The minimum atomic E-state index is -3.52. The van der Waals surface area contributed by atoms with E-state index in [1.165, 1.54) is 4.31 Å². The predicted molar refractivity (Wildman–Crippen MR) is 130 cm³/mol.